The number of hydrogen-bond donors (Lipinski definition) is 0. The SMILES string of the molecule is CCc1cc(CC)c(-c2ccccc2C(F)(F)F)c(C(F)(C(F)(F)F)C(F)(F)F)c1. The molecule has 0 atom stereocenters. The molecule has 0 fully saturated rings. The van der Waals surface area contributed by atoms with Gasteiger partial charge in [0.15, 0.2) is 0 Å². The number of hydrogen-bond acceptors (Lipinski definition) is 0. The molecule has 0 saturated heterocycles. The molecule has 0 spiro atoms. The van der Waals surface area contributed by atoms with Crippen LogP contribution in [0.3, 0.4) is 0 Å². The first-order chi connectivity index (χ1) is 13.6. The summed E-state index contributed by atoms with van der Waals surface area (Å²) in [6.07, 6.45) is -18.3. The average molecular weight is 446 g/mol. The van der Waals surface area contributed by atoms with Gasteiger partial charge < -0.3 is 0 Å². The van der Waals surface area contributed by atoms with Crippen LogP contribution in [0.15, 0.2) is 36.4 Å². The molecule has 166 valence electrons. The van der Waals surface area contributed by atoms with Crippen LogP contribution in [0.2, 0.25) is 0 Å². The van der Waals surface area contributed by atoms with Crippen LogP contribution in [0.4, 0.5) is 43.9 Å². The summed E-state index contributed by atoms with van der Waals surface area (Å²) in [5.41, 5.74) is -11.5. The highest BCUT2D eigenvalue weighted by Crippen LogP contribution is 2.56. The van der Waals surface area contributed by atoms with Crippen molar-refractivity contribution in [2.24, 2.45) is 0 Å². The first-order valence-corrected chi connectivity index (χ1v) is 8.74. The van der Waals surface area contributed by atoms with Crippen molar-refractivity contribution in [3.63, 3.8) is 0 Å². The topological polar surface area (TPSA) is 0 Å². The van der Waals surface area contributed by atoms with Gasteiger partial charge in [0.05, 0.1) is 5.56 Å². The van der Waals surface area contributed by atoms with E-state index in [0.717, 1.165) is 18.2 Å². The Morgan fingerprint density at radius 1 is 0.667 bits per heavy atom. The number of benzene rings is 2. The van der Waals surface area contributed by atoms with Crippen molar-refractivity contribution in [2.75, 3.05) is 0 Å². The Morgan fingerprint density at radius 3 is 1.63 bits per heavy atom. The van der Waals surface area contributed by atoms with E-state index in [0.29, 0.717) is 12.1 Å². The molecule has 2 aromatic carbocycles. The van der Waals surface area contributed by atoms with Crippen LogP contribution in [-0.4, -0.2) is 12.4 Å². The largest absolute Gasteiger partial charge is 0.435 e. The van der Waals surface area contributed by atoms with Gasteiger partial charge in [-0.25, -0.2) is 4.39 Å². The van der Waals surface area contributed by atoms with Crippen LogP contribution >= 0.6 is 0 Å². The highest BCUT2D eigenvalue weighted by Gasteiger charge is 2.74. The van der Waals surface area contributed by atoms with E-state index in [9.17, 15) is 39.5 Å². The zero-order chi connectivity index (χ0) is 23.1. The Balaban J connectivity index is 3.11. The molecular weight excluding hydrogens is 430 g/mol. The molecule has 2 rings (SSSR count). The lowest BCUT2D eigenvalue weighted by Crippen LogP contribution is -2.50. The second-order valence-corrected chi connectivity index (χ2v) is 6.58. The Hall–Kier alpha value is -2.26. The Labute approximate surface area is 165 Å². The molecule has 2 aromatic rings. The number of rotatable bonds is 4. The lowest BCUT2D eigenvalue weighted by atomic mass is 9.81. The summed E-state index contributed by atoms with van der Waals surface area (Å²) in [7, 11) is 0. The molecule has 0 aliphatic carbocycles. The molecule has 0 unspecified atom stereocenters. The van der Waals surface area contributed by atoms with Gasteiger partial charge in [-0.2, -0.15) is 39.5 Å². The minimum absolute atomic E-state index is 0.0486. The summed E-state index contributed by atoms with van der Waals surface area (Å²) in [5, 5.41) is 0. The minimum Gasteiger partial charge on any atom is -0.218 e. The van der Waals surface area contributed by atoms with Gasteiger partial charge in [0.25, 0.3) is 0 Å². The smallest absolute Gasteiger partial charge is 0.218 e. The lowest BCUT2D eigenvalue weighted by Gasteiger charge is -2.33. The van der Waals surface area contributed by atoms with E-state index < -0.39 is 46.5 Å². The first-order valence-electron chi connectivity index (χ1n) is 8.74. The van der Waals surface area contributed by atoms with E-state index in [4.69, 9.17) is 0 Å². The number of aryl methyl sites for hydroxylation is 2. The van der Waals surface area contributed by atoms with E-state index in [2.05, 4.69) is 0 Å². The quantitative estimate of drug-likeness (QED) is 0.421. The predicted molar refractivity (Wildman–Crippen MR) is 90.5 cm³/mol. The van der Waals surface area contributed by atoms with Crippen molar-refractivity contribution in [1.82, 2.24) is 0 Å². The molecule has 0 bridgehead atoms. The van der Waals surface area contributed by atoms with Gasteiger partial charge in [-0.3, -0.25) is 0 Å². The molecule has 30 heavy (non-hydrogen) atoms. The van der Waals surface area contributed by atoms with Crippen LogP contribution < -0.4 is 0 Å². The van der Waals surface area contributed by atoms with Gasteiger partial charge >= 0.3 is 24.2 Å². The maximum absolute atomic E-state index is 15.0. The molecule has 0 nitrogen and oxygen atoms in total. The monoisotopic (exact) mass is 446 g/mol. The van der Waals surface area contributed by atoms with Gasteiger partial charge in [-0.1, -0.05) is 44.2 Å². The van der Waals surface area contributed by atoms with Crippen molar-refractivity contribution in [1.29, 1.82) is 0 Å². The van der Waals surface area contributed by atoms with Gasteiger partial charge in [-0.05, 0) is 41.2 Å². The third-order valence-corrected chi connectivity index (χ3v) is 4.72. The average Bonchev–Trinajstić information content (AvgIpc) is 2.63. The maximum Gasteiger partial charge on any atom is 0.435 e. The van der Waals surface area contributed by atoms with Crippen LogP contribution in [0.25, 0.3) is 11.1 Å². The van der Waals surface area contributed by atoms with E-state index >= 15 is 4.39 Å². The van der Waals surface area contributed by atoms with Crippen LogP contribution in [0.1, 0.15) is 36.1 Å². The second kappa shape index (κ2) is 7.77. The standard InChI is InChI=1S/C20H16F10/c1-3-11-9-12(4-2)16(13-7-5-6-8-14(13)18(22,23)24)15(10-11)17(21,19(25,26)27)20(28,29)30/h5-10H,3-4H2,1-2H3. The molecule has 0 radical (unpaired) electrons. The van der Waals surface area contributed by atoms with Crippen LogP contribution in [0.5, 0.6) is 0 Å². The van der Waals surface area contributed by atoms with Gasteiger partial charge in [0, 0.05) is 5.56 Å². The highest BCUT2D eigenvalue weighted by molar-refractivity contribution is 5.76. The Kier molecular flexibility index (Phi) is 6.22. The van der Waals surface area contributed by atoms with Crippen LogP contribution in [-0.2, 0) is 24.7 Å². The summed E-state index contributed by atoms with van der Waals surface area (Å²) in [4.78, 5) is 0. The van der Waals surface area contributed by atoms with Crippen molar-refractivity contribution < 1.29 is 43.9 Å². The van der Waals surface area contributed by atoms with Gasteiger partial charge in [0.2, 0.25) is 0 Å². The molecular formula is C20H16F10. The highest BCUT2D eigenvalue weighted by atomic mass is 19.4. The minimum atomic E-state index is -6.45. The molecule has 0 aromatic heterocycles. The summed E-state index contributed by atoms with van der Waals surface area (Å²) < 4.78 is 136. The normalized spacial score (nSPS) is 13.6. The third kappa shape index (κ3) is 4.00. The van der Waals surface area contributed by atoms with Crippen molar-refractivity contribution in [3.8, 4) is 11.1 Å². The van der Waals surface area contributed by atoms with E-state index in [1.54, 1.807) is 0 Å². The zero-order valence-electron chi connectivity index (χ0n) is 15.7. The van der Waals surface area contributed by atoms with E-state index in [1.807, 2.05) is 0 Å². The molecule has 0 aliphatic rings. The van der Waals surface area contributed by atoms with E-state index in [1.165, 1.54) is 19.9 Å². The van der Waals surface area contributed by atoms with Crippen LogP contribution in [0, 0.1) is 0 Å². The Morgan fingerprint density at radius 2 is 1.20 bits per heavy atom. The van der Waals surface area contributed by atoms with Gasteiger partial charge in [0.1, 0.15) is 0 Å². The second-order valence-electron chi connectivity index (χ2n) is 6.58. The number of alkyl halides is 10. The first kappa shape index (κ1) is 24.0. The number of halogens is 10. The molecule has 10 heteroatoms. The Bertz CT molecular complexity index is 889. The zero-order valence-corrected chi connectivity index (χ0v) is 15.7. The fraction of sp³-hybridized carbons (Fsp3) is 0.400. The van der Waals surface area contributed by atoms with Crippen molar-refractivity contribution in [2.45, 2.75) is 50.9 Å². The predicted octanol–water partition coefficient (Wildman–Crippen LogP) is 7.79. The maximum atomic E-state index is 15.0. The summed E-state index contributed by atoms with van der Waals surface area (Å²) >= 11 is 0. The van der Waals surface area contributed by atoms with Crippen molar-refractivity contribution in [3.05, 3.63) is 58.7 Å². The summed E-state index contributed by atoms with van der Waals surface area (Å²) in [6.45, 7) is 2.77. The third-order valence-electron chi connectivity index (χ3n) is 4.72. The molecule has 0 heterocycles. The van der Waals surface area contributed by atoms with Crippen molar-refractivity contribution >= 4 is 0 Å². The summed E-state index contributed by atoms with van der Waals surface area (Å²) in [6, 6.07) is 4.77. The summed E-state index contributed by atoms with van der Waals surface area (Å²) in [5.74, 6) is 0. The lowest BCUT2D eigenvalue weighted by molar-refractivity contribution is -0.348. The molecule has 0 aliphatic heterocycles. The molecule has 0 N–H and O–H groups in total. The van der Waals surface area contributed by atoms with E-state index in [-0.39, 0.29) is 24.0 Å². The molecule has 0 amide bonds. The fourth-order valence-electron chi connectivity index (χ4n) is 3.26. The fourth-order valence-corrected chi connectivity index (χ4v) is 3.26. The van der Waals surface area contributed by atoms with Gasteiger partial charge in [-0.15, -0.1) is 0 Å². The molecule has 0 saturated carbocycles.